The van der Waals surface area contributed by atoms with Crippen molar-refractivity contribution in [1.82, 2.24) is 9.97 Å². The normalized spacial score (nSPS) is 21.9. The Balaban J connectivity index is 1.56. The van der Waals surface area contributed by atoms with Crippen molar-refractivity contribution < 1.29 is 9.36 Å². The average Bonchev–Trinajstić information content (AvgIpc) is 3.43. The summed E-state index contributed by atoms with van der Waals surface area (Å²) >= 11 is 0. The zero-order valence-corrected chi connectivity index (χ0v) is 19.8. The molecule has 8 heteroatoms. The van der Waals surface area contributed by atoms with Crippen molar-refractivity contribution in [1.29, 1.82) is 0 Å². The van der Waals surface area contributed by atoms with Gasteiger partial charge in [-0.05, 0) is 24.0 Å². The van der Waals surface area contributed by atoms with Gasteiger partial charge >= 0.3 is 11.7 Å². The predicted octanol–water partition coefficient (Wildman–Crippen LogP) is 3.25. The summed E-state index contributed by atoms with van der Waals surface area (Å²) in [6.45, 7) is 4.65. The van der Waals surface area contributed by atoms with E-state index in [0.717, 1.165) is 16.5 Å². The first-order valence-corrected chi connectivity index (χ1v) is 11.8. The molecular weight excluding hydrogens is 438 g/mol. The lowest BCUT2D eigenvalue weighted by Crippen LogP contribution is -2.47. The highest BCUT2D eigenvalue weighted by atomic mass is 16.2. The molecule has 6 N–H and O–H groups in total. The highest BCUT2D eigenvalue weighted by Crippen LogP contribution is 2.34. The van der Waals surface area contributed by atoms with E-state index in [4.69, 9.17) is 16.5 Å². The topological polar surface area (TPSA) is 126 Å². The highest BCUT2D eigenvalue weighted by Gasteiger charge is 2.46. The van der Waals surface area contributed by atoms with Crippen LogP contribution in [-0.4, -0.2) is 34.4 Å². The smallest absolute Gasteiger partial charge is 0.359 e. The van der Waals surface area contributed by atoms with Crippen LogP contribution in [0.1, 0.15) is 24.3 Å². The predicted molar refractivity (Wildman–Crippen MR) is 140 cm³/mol. The Morgan fingerprint density at radius 3 is 2.86 bits per heavy atom. The number of carbonyl (C=O) groups is 1. The molecule has 1 aromatic carbocycles. The zero-order chi connectivity index (χ0) is 24.5. The van der Waals surface area contributed by atoms with E-state index in [1.807, 2.05) is 48.8 Å². The molecule has 5 rings (SSSR count). The summed E-state index contributed by atoms with van der Waals surface area (Å²) in [6, 6.07) is 7.69. The van der Waals surface area contributed by atoms with Crippen molar-refractivity contribution in [2.24, 2.45) is 34.2 Å². The molecule has 0 bridgehead atoms. The number of para-hydroxylation sites is 1. The van der Waals surface area contributed by atoms with Crippen LogP contribution in [0.5, 0.6) is 0 Å². The quantitative estimate of drug-likeness (QED) is 0.251. The van der Waals surface area contributed by atoms with Gasteiger partial charge in [0, 0.05) is 28.6 Å². The van der Waals surface area contributed by atoms with Crippen LogP contribution in [-0.2, 0) is 0 Å². The van der Waals surface area contributed by atoms with Crippen LogP contribution in [0.15, 0.2) is 72.0 Å². The molecule has 1 aliphatic heterocycles. The molecule has 0 amide bonds. The maximum atomic E-state index is 13.7. The Bertz CT molecular complexity index is 1390. The number of nitrogens with zero attached hydrogens (tertiary/aromatic N) is 3. The number of aromatic amines is 1. The molecule has 3 heterocycles. The number of hydrogen-bond acceptors (Lipinski definition) is 4. The van der Waals surface area contributed by atoms with Crippen LogP contribution >= 0.6 is 0 Å². The van der Waals surface area contributed by atoms with Gasteiger partial charge in [-0.2, -0.15) is 4.57 Å². The third-order valence-corrected chi connectivity index (χ3v) is 6.89. The minimum absolute atomic E-state index is 0.0185. The number of allylic oxidation sites excluding steroid dienone is 4. The Labute approximate surface area is 204 Å². The summed E-state index contributed by atoms with van der Waals surface area (Å²) in [4.78, 5) is 25.9. The van der Waals surface area contributed by atoms with Crippen molar-refractivity contribution in [2.45, 2.75) is 19.9 Å². The summed E-state index contributed by atoms with van der Waals surface area (Å²) < 4.78 is 1.71. The second-order valence-electron chi connectivity index (χ2n) is 9.17. The molecule has 4 unspecified atom stereocenters. The second kappa shape index (κ2) is 9.21. The summed E-state index contributed by atoms with van der Waals surface area (Å²) in [5.41, 5.74) is 14.2. The minimum Gasteiger partial charge on any atom is -0.370 e. The van der Waals surface area contributed by atoms with Gasteiger partial charge in [-0.25, -0.2) is 14.8 Å². The molecule has 2 aromatic heterocycles. The van der Waals surface area contributed by atoms with Crippen LogP contribution in [0.25, 0.3) is 28.2 Å². The number of aliphatic imine (C=N–C) groups is 1. The lowest BCUT2D eigenvalue weighted by Gasteiger charge is -2.27. The lowest BCUT2D eigenvalue weighted by atomic mass is 9.77. The van der Waals surface area contributed by atoms with Crippen LogP contribution in [0, 0.1) is 17.8 Å². The molecule has 2 aliphatic rings. The molecule has 0 saturated heterocycles. The lowest BCUT2D eigenvalue weighted by molar-refractivity contribution is -0.552. The number of rotatable bonds is 6. The van der Waals surface area contributed by atoms with E-state index in [0.29, 0.717) is 29.7 Å². The van der Waals surface area contributed by atoms with Gasteiger partial charge in [0.1, 0.15) is 11.9 Å². The van der Waals surface area contributed by atoms with Gasteiger partial charge < -0.3 is 16.5 Å². The maximum Gasteiger partial charge on any atom is 0.359 e. The number of fused-ring (bicyclic) bond motifs is 2. The molecule has 178 valence electrons. The standard InChI is InChI=1S/C27H29N7O/c1-16-8-3-4-9-18(16)17(2)24-26(35)34-15-23(20-14-31-21-11-6-5-10-19(20)21)32-22(25(34)33-24)12-7-13-30-27(28)29/h3-12,14-18,24,31H,13H2,1-2H3,(H4,28,29,30)/p+1/b12-7+. The van der Waals surface area contributed by atoms with E-state index >= 15 is 0 Å². The molecular formula is C27H30N7O+. The van der Waals surface area contributed by atoms with E-state index in [1.54, 1.807) is 4.57 Å². The number of H-pyrrole nitrogens is 1. The molecule has 3 aromatic rings. The van der Waals surface area contributed by atoms with Crippen molar-refractivity contribution >= 4 is 34.7 Å². The van der Waals surface area contributed by atoms with E-state index in [1.165, 1.54) is 0 Å². The highest BCUT2D eigenvalue weighted by molar-refractivity contribution is 5.95. The van der Waals surface area contributed by atoms with Crippen LogP contribution < -0.4 is 21.4 Å². The Kier molecular flexibility index (Phi) is 5.94. The average molecular weight is 469 g/mol. The van der Waals surface area contributed by atoms with E-state index in [9.17, 15) is 4.79 Å². The number of anilines is 1. The molecule has 8 nitrogen and oxygen atoms in total. The third kappa shape index (κ3) is 4.23. The number of guanidine groups is 1. The minimum atomic E-state index is -0.358. The van der Waals surface area contributed by atoms with Gasteiger partial charge in [-0.15, -0.1) is 0 Å². The first-order chi connectivity index (χ1) is 16.9. The van der Waals surface area contributed by atoms with Gasteiger partial charge in [0.15, 0.2) is 17.7 Å². The summed E-state index contributed by atoms with van der Waals surface area (Å²) in [5.74, 6) is 1.44. The third-order valence-electron chi connectivity index (χ3n) is 6.89. The van der Waals surface area contributed by atoms with Crippen molar-refractivity contribution in [3.8, 4) is 11.3 Å². The van der Waals surface area contributed by atoms with E-state index in [-0.39, 0.29) is 29.7 Å². The summed E-state index contributed by atoms with van der Waals surface area (Å²) in [6.07, 6.45) is 16.0. The summed E-state index contributed by atoms with van der Waals surface area (Å²) in [7, 11) is 0. The monoisotopic (exact) mass is 468 g/mol. The van der Waals surface area contributed by atoms with Crippen LogP contribution in [0.3, 0.4) is 0 Å². The van der Waals surface area contributed by atoms with Gasteiger partial charge in [-0.1, -0.05) is 62.4 Å². The largest absolute Gasteiger partial charge is 0.370 e. The molecule has 1 aliphatic carbocycles. The molecule has 0 fully saturated rings. The van der Waals surface area contributed by atoms with Crippen LogP contribution in [0.4, 0.5) is 5.82 Å². The number of hydrogen-bond donors (Lipinski definition) is 4. The van der Waals surface area contributed by atoms with Gasteiger partial charge in [0.25, 0.3) is 0 Å². The number of aromatic nitrogens is 3. The second-order valence-corrected chi connectivity index (χ2v) is 9.17. The van der Waals surface area contributed by atoms with Crippen molar-refractivity contribution in [3.05, 3.63) is 72.7 Å². The Hall–Kier alpha value is -4.20. The molecule has 35 heavy (non-hydrogen) atoms. The van der Waals surface area contributed by atoms with Gasteiger partial charge in [0.2, 0.25) is 0 Å². The maximum absolute atomic E-state index is 13.7. The zero-order valence-electron chi connectivity index (χ0n) is 19.8. The molecule has 0 radical (unpaired) electrons. The molecule has 0 spiro atoms. The first kappa shape index (κ1) is 22.6. The van der Waals surface area contributed by atoms with E-state index < -0.39 is 0 Å². The Morgan fingerprint density at radius 2 is 2.06 bits per heavy atom. The Morgan fingerprint density at radius 1 is 1.26 bits per heavy atom. The number of benzene rings is 1. The fourth-order valence-corrected chi connectivity index (χ4v) is 5.02. The number of nitrogens with one attached hydrogen (secondary N) is 2. The van der Waals surface area contributed by atoms with E-state index in [2.05, 4.69) is 53.4 Å². The number of nitrogens with two attached hydrogens (primary N) is 2. The fourth-order valence-electron chi connectivity index (χ4n) is 5.02. The van der Waals surface area contributed by atoms with Gasteiger partial charge in [-0.3, -0.25) is 5.32 Å². The fraction of sp³-hybridized carbons (Fsp3) is 0.259. The molecule has 4 atom stereocenters. The first-order valence-electron chi connectivity index (χ1n) is 11.8. The van der Waals surface area contributed by atoms with Crippen LogP contribution in [0.2, 0.25) is 0 Å². The van der Waals surface area contributed by atoms with Gasteiger partial charge in [0.05, 0.1) is 6.54 Å². The number of carbonyl (C=O) groups excluding carboxylic acids is 1. The SMILES string of the molecule is CC1C=CC=CC1C(C)C1Nc2c(/C=C/CN=C(N)N)nc(-c3c[nH]c4ccccc34)c[n+]2C1=O. The molecule has 0 saturated carbocycles. The van der Waals surface area contributed by atoms with Crippen molar-refractivity contribution in [3.63, 3.8) is 0 Å². The summed E-state index contributed by atoms with van der Waals surface area (Å²) in [5, 5.41) is 4.53. The van der Waals surface area contributed by atoms with Crippen molar-refractivity contribution in [2.75, 3.05) is 11.9 Å².